The maximum atomic E-state index is 12.4. The third kappa shape index (κ3) is 26.2. The molecule has 1 amide bonds. The second-order valence-corrected chi connectivity index (χ2v) is 10.9. The van der Waals surface area contributed by atoms with Crippen LogP contribution < -0.4 is 11.1 Å². The molecule has 0 aromatic carbocycles. The Hall–Kier alpha value is -2.41. The molecule has 41 heavy (non-hydrogen) atoms. The Morgan fingerprint density at radius 2 is 1.34 bits per heavy atom. The number of hydrogen-bond donors (Lipinski definition) is 3. The zero-order valence-electron chi connectivity index (χ0n) is 26.1. The molecular formula is C34H60N2O5. The van der Waals surface area contributed by atoms with Crippen LogP contribution in [0.2, 0.25) is 0 Å². The first-order chi connectivity index (χ1) is 19.9. The molecule has 0 heterocycles. The molecule has 236 valence electrons. The summed E-state index contributed by atoms with van der Waals surface area (Å²) in [6.45, 7) is 4.72. The van der Waals surface area contributed by atoms with E-state index in [1.807, 2.05) is 6.08 Å². The van der Waals surface area contributed by atoms with Crippen LogP contribution in [0, 0.1) is 0 Å². The third-order valence-electron chi connectivity index (χ3n) is 6.87. The van der Waals surface area contributed by atoms with E-state index in [-0.39, 0.29) is 18.0 Å². The summed E-state index contributed by atoms with van der Waals surface area (Å²) in [5, 5.41) is 11.8. The van der Waals surface area contributed by atoms with Gasteiger partial charge in [0, 0.05) is 12.8 Å². The first kappa shape index (κ1) is 38.6. The van der Waals surface area contributed by atoms with Gasteiger partial charge < -0.3 is 20.9 Å². The number of unbranched alkanes of at least 4 members (excludes halogenated alkanes) is 10. The molecule has 0 spiro atoms. The fourth-order valence-electron chi connectivity index (χ4n) is 4.40. The van der Waals surface area contributed by atoms with Crippen molar-refractivity contribution in [3.8, 4) is 0 Å². The van der Waals surface area contributed by atoms with Gasteiger partial charge in [0.2, 0.25) is 5.91 Å². The van der Waals surface area contributed by atoms with Gasteiger partial charge in [-0.15, -0.1) is 0 Å². The molecule has 0 saturated carbocycles. The molecule has 0 bridgehead atoms. The van der Waals surface area contributed by atoms with Crippen molar-refractivity contribution in [3.05, 3.63) is 36.5 Å². The van der Waals surface area contributed by atoms with Gasteiger partial charge in [-0.05, 0) is 83.2 Å². The summed E-state index contributed by atoms with van der Waals surface area (Å²) in [6.07, 6.45) is 30.9. The van der Waals surface area contributed by atoms with E-state index in [4.69, 9.17) is 10.5 Å². The van der Waals surface area contributed by atoms with E-state index in [2.05, 4.69) is 49.5 Å². The number of esters is 1. The van der Waals surface area contributed by atoms with Crippen molar-refractivity contribution in [2.75, 3.05) is 6.54 Å². The lowest BCUT2D eigenvalue weighted by atomic mass is 10.1. The number of nitrogens with two attached hydrogens (primary N) is 1. The Labute approximate surface area is 250 Å². The van der Waals surface area contributed by atoms with E-state index in [1.54, 1.807) is 0 Å². The van der Waals surface area contributed by atoms with Gasteiger partial charge in [-0.2, -0.15) is 0 Å². The van der Waals surface area contributed by atoms with Crippen molar-refractivity contribution in [2.24, 2.45) is 5.73 Å². The van der Waals surface area contributed by atoms with Gasteiger partial charge in [-0.1, -0.05) is 89.2 Å². The van der Waals surface area contributed by atoms with Crippen LogP contribution in [-0.2, 0) is 19.1 Å². The normalized spacial score (nSPS) is 13.2. The highest BCUT2D eigenvalue weighted by atomic mass is 16.5. The Bertz CT molecular complexity index is 747. The zero-order valence-corrected chi connectivity index (χ0v) is 26.1. The van der Waals surface area contributed by atoms with Gasteiger partial charge in [0.05, 0.1) is 0 Å². The van der Waals surface area contributed by atoms with E-state index in [0.717, 1.165) is 77.0 Å². The smallest absolute Gasteiger partial charge is 0.326 e. The van der Waals surface area contributed by atoms with Crippen LogP contribution in [0.5, 0.6) is 0 Å². The largest absolute Gasteiger partial charge is 0.480 e. The number of rotatable bonds is 28. The fourth-order valence-corrected chi connectivity index (χ4v) is 4.40. The van der Waals surface area contributed by atoms with Gasteiger partial charge in [0.15, 0.2) is 0 Å². The number of allylic oxidation sites excluding steroid dienone is 5. The number of nitrogens with one attached hydrogen (secondary N) is 1. The number of hydrogen-bond acceptors (Lipinski definition) is 5. The van der Waals surface area contributed by atoms with Gasteiger partial charge in [0.25, 0.3) is 0 Å². The summed E-state index contributed by atoms with van der Waals surface area (Å²) >= 11 is 0. The van der Waals surface area contributed by atoms with Crippen LogP contribution in [0.25, 0.3) is 0 Å². The number of carbonyl (C=O) groups is 3. The molecular weight excluding hydrogens is 516 g/mol. The quantitative estimate of drug-likeness (QED) is 0.0494. The summed E-state index contributed by atoms with van der Waals surface area (Å²) in [6, 6.07) is -0.869. The van der Waals surface area contributed by atoms with E-state index in [1.165, 1.54) is 19.3 Å². The van der Waals surface area contributed by atoms with E-state index in [9.17, 15) is 19.5 Å². The van der Waals surface area contributed by atoms with Gasteiger partial charge in [-0.3, -0.25) is 9.59 Å². The summed E-state index contributed by atoms with van der Waals surface area (Å²) in [7, 11) is 0. The molecule has 0 aromatic rings. The summed E-state index contributed by atoms with van der Waals surface area (Å²) in [5.41, 5.74) is 5.44. The molecule has 0 fully saturated rings. The number of carboxylic acids is 1. The molecule has 0 aliphatic rings. The molecule has 4 N–H and O–H groups in total. The molecule has 2 atom stereocenters. The van der Waals surface area contributed by atoms with Crippen molar-refractivity contribution >= 4 is 17.8 Å². The summed E-state index contributed by atoms with van der Waals surface area (Å²) in [5.74, 6) is -1.37. The highest BCUT2D eigenvalue weighted by molar-refractivity contribution is 5.83. The van der Waals surface area contributed by atoms with Gasteiger partial charge in [-0.25, -0.2) is 4.79 Å². The van der Waals surface area contributed by atoms with Crippen molar-refractivity contribution in [1.29, 1.82) is 0 Å². The van der Waals surface area contributed by atoms with Crippen LogP contribution in [0.1, 0.15) is 142 Å². The Balaban J connectivity index is 4.09. The Morgan fingerprint density at radius 3 is 2.02 bits per heavy atom. The lowest BCUT2D eigenvalue weighted by molar-refractivity contribution is -0.147. The van der Waals surface area contributed by atoms with E-state index < -0.39 is 12.0 Å². The van der Waals surface area contributed by atoms with Crippen LogP contribution in [0.15, 0.2) is 36.5 Å². The van der Waals surface area contributed by atoms with Gasteiger partial charge >= 0.3 is 11.9 Å². The monoisotopic (exact) mass is 576 g/mol. The first-order valence-electron chi connectivity index (χ1n) is 16.3. The van der Waals surface area contributed by atoms with Crippen LogP contribution >= 0.6 is 0 Å². The first-order valence-corrected chi connectivity index (χ1v) is 16.3. The lowest BCUT2D eigenvalue weighted by Crippen LogP contribution is -2.40. The highest BCUT2D eigenvalue weighted by Gasteiger charge is 2.18. The third-order valence-corrected chi connectivity index (χ3v) is 6.87. The average molecular weight is 577 g/mol. The van der Waals surface area contributed by atoms with Crippen LogP contribution in [0.4, 0.5) is 0 Å². The molecule has 7 nitrogen and oxygen atoms in total. The summed E-state index contributed by atoms with van der Waals surface area (Å²) in [4.78, 5) is 35.8. The predicted octanol–water partition coefficient (Wildman–Crippen LogP) is 7.94. The minimum atomic E-state index is -1.02. The SMILES string of the molecule is CCC/C=C\C/C=C\CCCCCCCC(=O)OC(/C=C\CCC)CCCCCCC(=O)NC(CCCN)C(=O)O. The maximum absolute atomic E-state index is 12.4. The van der Waals surface area contributed by atoms with Crippen molar-refractivity contribution in [3.63, 3.8) is 0 Å². The number of ether oxygens (including phenoxy) is 1. The molecule has 0 rings (SSSR count). The number of carboxylic acid groups (broad SMARTS) is 1. The summed E-state index contributed by atoms with van der Waals surface area (Å²) < 4.78 is 5.78. The molecule has 0 radical (unpaired) electrons. The minimum Gasteiger partial charge on any atom is -0.480 e. The molecule has 0 aliphatic heterocycles. The topological polar surface area (TPSA) is 119 Å². The number of amides is 1. The molecule has 7 heteroatoms. The lowest BCUT2D eigenvalue weighted by Gasteiger charge is -2.15. The minimum absolute atomic E-state index is 0.116. The maximum Gasteiger partial charge on any atom is 0.326 e. The van der Waals surface area contributed by atoms with Crippen molar-refractivity contribution < 1.29 is 24.2 Å². The number of aliphatic carboxylic acids is 1. The fraction of sp³-hybridized carbons (Fsp3) is 0.735. The molecule has 0 aromatic heterocycles. The predicted molar refractivity (Wildman–Crippen MR) is 170 cm³/mol. The van der Waals surface area contributed by atoms with Crippen molar-refractivity contribution in [2.45, 2.75) is 154 Å². The van der Waals surface area contributed by atoms with Gasteiger partial charge in [0.1, 0.15) is 12.1 Å². The van der Waals surface area contributed by atoms with E-state index >= 15 is 0 Å². The number of carbonyl (C=O) groups excluding carboxylic acids is 2. The molecule has 0 saturated heterocycles. The second-order valence-electron chi connectivity index (χ2n) is 10.9. The highest BCUT2D eigenvalue weighted by Crippen LogP contribution is 2.14. The van der Waals surface area contributed by atoms with Crippen LogP contribution in [0.3, 0.4) is 0 Å². The second kappa shape index (κ2) is 29.1. The Morgan fingerprint density at radius 1 is 0.732 bits per heavy atom. The standard InChI is InChI=1S/C34H60N2O5/c1-3-5-7-8-9-10-11-12-13-14-15-16-22-28-33(38)41-30(24-19-6-4-2)25-20-17-18-21-27-32(37)36-31(34(39)40)26-23-29-35/h7-8,10-11,19,24,30-31H,3-6,9,12-18,20-23,25-29,35H2,1-2H3,(H,36,37)(H,39,40)/b8-7-,11-10-,24-19-. The molecule has 0 aliphatic carbocycles. The Kier molecular flexibility index (Phi) is 27.4. The van der Waals surface area contributed by atoms with Crippen molar-refractivity contribution in [1.82, 2.24) is 5.32 Å². The van der Waals surface area contributed by atoms with Crippen LogP contribution in [-0.4, -0.2) is 41.6 Å². The molecule has 2 unspecified atom stereocenters. The van der Waals surface area contributed by atoms with E-state index in [0.29, 0.717) is 38.6 Å². The zero-order chi connectivity index (χ0) is 30.4. The average Bonchev–Trinajstić information content (AvgIpc) is 2.95.